The van der Waals surface area contributed by atoms with Crippen molar-refractivity contribution in [2.75, 3.05) is 11.9 Å². The molecule has 0 aliphatic rings. The van der Waals surface area contributed by atoms with Crippen LogP contribution in [0.2, 0.25) is 0 Å². The van der Waals surface area contributed by atoms with Crippen LogP contribution in [0.5, 0.6) is 11.5 Å². The Bertz CT molecular complexity index is 809. The summed E-state index contributed by atoms with van der Waals surface area (Å²) in [7, 11) is 0. The summed E-state index contributed by atoms with van der Waals surface area (Å²) in [5, 5.41) is 2.26. The standard InChI is InChI=1S/C18H15F4NO3/c1-2-25-16-9-11(3-7-15(16)26-18(21)22)4-8-17(24)23-14-6-5-12(19)10-13(14)20/h3-10,18H,2H2,1H3,(H,23,24)/b8-4+. The highest BCUT2D eigenvalue weighted by Crippen LogP contribution is 2.30. The molecule has 0 radical (unpaired) electrons. The summed E-state index contributed by atoms with van der Waals surface area (Å²) in [5.41, 5.74) is 0.307. The summed E-state index contributed by atoms with van der Waals surface area (Å²) in [6.45, 7) is -1.08. The molecule has 4 nitrogen and oxygen atoms in total. The van der Waals surface area contributed by atoms with E-state index in [0.717, 1.165) is 18.2 Å². The molecule has 2 rings (SSSR count). The van der Waals surface area contributed by atoms with E-state index >= 15 is 0 Å². The first-order valence-corrected chi connectivity index (χ1v) is 7.55. The van der Waals surface area contributed by atoms with Crippen LogP contribution in [0.15, 0.2) is 42.5 Å². The number of hydrogen-bond donors (Lipinski definition) is 1. The first kappa shape index (κ1) is 19.3. The van der Waals surface area contributed by atoms with Crippen molar-refractivity contribution in [3.8, 4) is 11.5 Å². The molecule has 138 valence electrons. The Hall–Kier alpha value is -3.03. The van der Waals surface area contributed by atoms with Crippen LogP contribution in [0.3, 0.4) is 0 Å². The number of nitrogens with one attached hydrogen (secondary N) is 1. The fraction of sp³-hybridized carbons (Fsp3) is 0.167. The number of ether oxygens (including phenoxy) is 2. The normalized spacial score (nSPS) is 11.0. The molecular formula is C18H15F4NO3. The lowest BCUT2D eigenvalue weighted by Crippen LogP contribution is -2.09. The molecule has 0 heterocycles. The van der Waals surface area contributed by atoms with Crippen LogP contribution in [0.25, 0.3) is 6.08 Å². The lowest BCUT2D eigenvalue weighted by molar-refractivity contribution is -0.111. The van der Waals surface area contributed by atoms with E-state index in [1.54, 1.807) is 6.92 Å². The molecular weight excluding hydrogens is 354 g/mol. The van der Waals surface area contributed by atoms with Gasteiger partial charge in [-0.25, -0.2) is 8.78 Å². The fourth-order valence-electron chi connectivity index (χ4n) is 2.03. The molecule has 1 N–H and O–H groups in total. The Morgan fingerprint density at radius 2 is 1.92 bits per heavy atom. The molecule has 0 bridgehead atoms. The van der Waals surface area contributed by atoms with Crippen molar-refractivity contribution < 1.29 is 31.8 Å². The topological polar surface area (TPSA) is 47.6 Å². The van der Waals surface area contributed by atoms with E-state index in [2.05, 4.69) is 10.1 Å². The average molecular weight is 369 g/mol. The van der Waals surface area contributed by atoms with Gasteiger partial charge in [-0.3, -0.25) is 4.79 Å². The third-order valence-corrected chi connectivity index (χ3v) is 3.10. The van der Waals surface area contributed by atoms with Crippen molar-refractivity contribution >= 4 is 17.7 Å². The number of benzene rings is 2. The number of amides is 1. The smallest absolute Gasteiger partial charge is 0.387 e. The van der Waals surface area contributed by atoms with Crippen LogP contribution in [-0.2, 0) is 4.79 Å². The highest BCUT2D eigenvalue weighted by molar-refractivity contribution is 6.02. The van der Waals surface area contributed by atoms with E-state index in [9.17, 15) is 22.4 Å². The minimum absolute atomic E-state index is 0.0972. The van der Waals surface area contributed by atoms with E-state index in [1.165, 1.54) is 24.3 Å². The van der Waals surface area contributed by atoms with E-state index in [-0.39, 0.29) is 23.8 Å². The maximum Gasteiger partial charge on any atom is 0.387 e. The van der Waals surface area contributed by atoms with E-state index in [0.29, 0.717) is 11.6 Å². The number of rotatable bonds is 7. The second-order valence-corrected chi connectivity index (χ2v) is 4.96. The third kappa shape index (κ3) is 5.51. The summed E-state index contributed by atoms with van der Waals surface area (Å²) >= 11 is 0. The number of halogens is 4. The van der Waals surface area contributed by atoms with Crippen LogP contribution < -0.4 is 14.8 Å². The molecule has 0 saturated heterocycles. The van der Waals surface area contributed by atoms with Crippen LogP contribution >= 0.6 is 0 Å². The van der Waals surface area contributed by atoms with E-state index in [1.807, 2.05) is 0 Å². The number of carbonyl (C=O) groups excluding carboxylic acids is 1. The summed E-state index contributed by atoms with van der Waals surface area (Å²) < 4.78 is 60.6. The number of carbonyl (C=O) groups is 1. The van der Waals surface area contributed by atoms with Gasteiger partial charge in [-0.2, -0.15) is 8.78 Å². The van der Waals surface area contributed by atoms with Gasteiger partial charge in [0.1, 0.15) is 11.6 Å². The predicted octanol–water partition coefficient (Wildman–Crippen LogP) is 4.62. The molecule has 1 amide bonds. The lowest BCUT2D eigenvalue weighted by atomic mass is 10.2. The van der Waals surface area contributed by atoms with Gasteiger partial charge in [-0.1, -0.05) is 6.07 Å². The average Bonchev–Trinajstić information content (AvgIpc) is 2.57. The quantitative estimate of drug-likeness (QED) is 0.572. The number of anilines is 1. The fourth-order valence-corrected chi connectivity index (χ4v) is 2.03. The van der Waals surface area contributed by atoms with Crippen LogP contribution in [0.4, 0.5) is 23.2 Å². The van der Waals surface area contributed by atoms with Gasteiger partial charge in [-0.15, -0.1) is 0 Å². The first-order valence-electron chi connectivity index (χ1n) is 7.55. The summed E-state index contributed by atoms with van der Waals surface area (Å²) in [6, 6.07) is 6.91. The van der Waals surface area contributed by atoms with Gasteiger partial charge in [0.15, 0.2) is 11.5 Å². The summed E-state index contributed by atoms with van der Waals surface area (Å²) in [4.78, 5) is 11.8. The SMILES string of the molecule is CCOc1cc(/C=C/C(=O)Nc2ccc(F)cc2F)ccc1OC(F)F. The third-order valence-electron chi connectivity index (χ3n) is 3.10. The van der Waals surface area contributed by atoms with Gasteiger partial charge < -0.3 is 14.8 Å². The maximum atomic E-state index is 13.5. The summed E-state index contributed by atoms with van der Waals surface area (Å²) in [5.74, 6) is -2.34. The largest absolute Gasteiger partial charge is 0.490 e. The molecule has 2 aromatic carbocycles. The zero-order chi connectivity index (χ0) is 19.1. The van der Waals surface area contributed by atoms with Gasteiger partial charge in [0.05, 0.1) is 12.3 Å². The predicted molar refractivity (Wildman–Crippen MR) is 88.3 cm³/mol. The lowest BCUT2D eigenvalue weighted by Gasteiger charge is -2.11. The van der Waals surface area contributed by atoms with Crippen molar-refractivity contribution in [3.63, 3.8) is 0 Å². The Balaban J connectivity index is 2.10. The molecule has 0 spiro atoms. The molecule has 0 saturated carbocycles. The maximum absolute atomic E-state index is 13.5. The molecule has 0 aliphatic heterocycles. The molecule has 0 atom stereocenters. The highest BCUT2D eigenvalue weighted by atomic mass is 19.3. The number of alkyl halides is 2. The van der Waals surface area contributed by atoms with Crippen molar-refractivity contribution in [1.82, 2.24) is 0 Å². The minimum atomic E-state index is -2.99. The van der Waals surface area contributed by atoms with Gasteiger partial charge in [0.25, 0.3) is 0 Å². The molecule has 0 fully saturated rings. The number of hydrogen-bond acceptors (Lipinski definition) is 3. The molecule has 0 aromatic heterocycles. The highest BCUT2D eigenvalue weighted by Gasteiger charge is 2.11. The minimum Gasteiger partial charge on any atom is -0.490 e. The van der Waals surface area contributed by atoms with Crippen LogP contribution in [0.1, 0.15) is 12.5 Å². The Morgan fingerprint density at radius 3 is 2.58 bits per heavy atom. The monoisotopic (exact) mass is 369 g/mol. The van der Waals surface area contributed by atoms with Crippen molar-refractivity contribution in [1.29, 1.82) is 0 Å². The molecule has 8 heteroatoms. The summed E-state index contributed by atoms with van der Waals surface area (Å²) in [6.07, 6.45) is 2.49. The molecule has 0 aliphatic carbocycles. The second kappa shape index (κ2) is 8.89. The van der Waals surface area contributed by atoms with Crippen molar-refractivity contribution in [2.45, 2.75) is 13.5 Å². The Labute approximate surface area is 147 Å². The van der Waals surface area contributed by atoms with E-state index < -0.39 is 24.2 Å². The molecule has 26 heavy (non-hydrogen) atoms. The molecule has 2 aromatic rings. The zero-order valence-corrected chi connectivity index (χ0v) is 13.6. The van der Waals surface area contributed by atoms with Gasteiger partial charge >= 0.3 is 6.61 Å². The van der Waals surface area contributed by atoms with E-state index in [4.69, 9.17) is 4.74 Å². The van der Waals surface area contributed by atoms with Gasteiger partial charge in [0.2, 0.25) is 5.91 Å². The van der Waals surface area contributed by atoms with Crippen molar-refractivity contribution in [2.24, 2.45) is 0 Å². The second-order valence-electron chi connectivity index (χ2n) is 4.96. The van der Waals surface area contributed by atoms with Gasteiger partial charge in [0, 0.05) is 12.1 Å². The first-order chi connectivity index (χ1) is 12.4. The zero-order valence-electron chi connectivity index (χ0n) is 13.6. The molecule has 0 unspecified atom stereocenters. The van der Waals surface area contributed by atoms with Crippen molar-refractivity contribution in [3.05, 3.63) is 59.7 Å². The van der Waals surface area contributed by atoms with Gasteiger partial charge in [-0.05, 0) is 42.8 Å². The Kier molecular flexibility index (Phi) is 6.60. The van der Waals surface area contributed by atoms with Crippen LogP contribution in [-0.4, -0.2) is 19.1 Å². The Morgan fingerprint density at radius 1 is 1.15 bits per heavy atom. The van der Waals surface area contributed by atoms with Crippen LogP contribution in [0, 0.1) is 11.6 Å².